The van der Waals surface area contributed by atoms with Crippen molar-refractivity contribution >= 4 is 18.2 Å². The van der Waals surface area contributed by atoms with Gasteiger partial charge in [0.1, 0.15) is 6.34 Å². The van der Waals surface area contributed by atoms with Crippen molar-refractivity contribution in [2.24, 2.45) is 9.98 Å². The first-order valence-electron chi connectivity index (χ1n) is 8.75. The maximum absolute atomic E-state index is 11.7. The van der Waals surface area contributed by atoms with Gasteiger partial charge in [-0.25, -0.2) is 4.99 Å². The van der Waals surface area contributed by atoms with Gasteiger partial charge in [-0.15, -0.1) is 0 Å². The van der Waals surface area contributed by atoms with Gasteiger partial charge in [-0.3, -0.25) is 15.1 Å². The van der Waals surface area contributed by atoms with Crippen LogP contribution >= 0.6 is 0 Å². The highest BCUT2D eigenvalue weighted by Gasteiger charge is 2.41. The first kappa shape index (κ1) is 20.9. The number of nitro benzene ring substituents is 1. The third-order valence-electron chi connectivity index (χ3n) is 4.80. The molecule has 30 heavy (non-hydrogen) atoms. The molecule has 0 spiro atoms. The molecule has 0 radical (unpaired) electrons. The number of nitrogens with zero attached hydrogens (tertiary/aromatic N) is 3. The molecule has 1 atom stereocenters. The quantitative estimate of drug-likeness (QED) is 0.481. The van der Waals surface area contributed by atoms with E-state index < -0.39 is 10.5 Å². The van der Waals surface area contributed by atoms with Crippen LogP contribution in [0.25, 0.3) is 0 Å². The van der Waals surface area contributed by atoms with E-state index in [2.05, 4.69) is 9.98 Å². The summed E-state index contributed by atoms with van der Waals surface area (Å²) in [5.74, 6) is 1.39. The van der Waals surface area contributed by atoms with Crippen LogP contribution in [0.1, 0.15) is 11.1 Å². The van der Waals surface area contributed by atoms with Gasteiger partial charge < -0.3 is 23.7 Å². The number of hydrogen-bond acceptors (Lipinski definition) is 9. The Labute approximate surface area is 172 Å². The minimum atomic E-state index is -1.21. The molecular formula is C20H21N3O7. The maximum atomic E-state index is 11.7. The summed E-state index contributed by atoms with van der Waals surface area (Å²) in [7, 11) is 7.24. The molecule has 1 unspecified atom stereocenters. The van der Waals surface area contributed by atoms with Gasteiger partial charge in [-0.05, 0) is 18.2 Å². The lowest BCUT2D eigenvalue weighted by Gasteiger charge is -2.28. The molecule has 0 bridgehead atoms. The molecule has 0 aromatic heterocycles. The minimum Gasteiger partial charge on any atom is -0.493 e. The van der Waals surface area contributed by atoms with Gasteiger partial charge in [-0.2, -0.15) is 0 Å². The summed E-state index contributed by atoms with van der Waals surface area (Å²) in [5.41, 5.74) is -0.479. The molecule has 10 heteroatoms. The molecule has 2 aromatic rings. The number of nitro groups is 1. The van der Waals surface area contributed by atoms with Crippen LogP contribution in [0.5, 0.6) is 28.7 Å². The zero-order valence-electron chi connectivity index (χ0n) is 17.2. The fourth-order valence-electron chi connectivity index (χ4n) is 3.44. The van der Waals surface area contributed by atoms with E-state index in [4.69, 9.17) is 23.7 Å². The van der Waals surface area contributed by atoms with Crippen molar-refractivity contribution < 1.29 is 28.6 Å². The summed E-state index contributed by atoms with van der Waals surface area (Å²) in [5, 5.41) is 11.7. The molecule has 0 saturated heterocycles. The Morgan fingerprint density at radius 1 is 0.867 bits per heavy atom. The van der Waals surface area contributed by atoms with Crippen molar-refractivity contribution in [2.45, 2.75) is 5.54 Å². The average Bonchev–Trinajstić information content (AvgIpc) is 3.27. The van der Waals surface area contributed by atoms with Gasteiger partial charge in [0.25, 0.3) is 0 Å². The van der Waals surface area contributed by atoms with Crippen LogP contribution in [0.15, 0.2) is 34.3 Å². The predicted octanol–water partition coefficient (Wildman–Crippen LogP) is 2.99. The molecule has 1 heterocycles. The Morgan fingerprint density at radius 2 is 1.53 bits per heavy atom. The van der Waals surface area contributed by atoms with Gasteiger partial charge in [0.05, 0.1) is 40.5 Å². The van der Waals surface area contributed by atoms with Crippen LogP contribution < -0.4 is 23.7 Å². The van der Waals surface area contributed by atoms with E-state index >= 15 is 0 Å². The summed E-state index contributed by atoms with van der Waals surface area (Å²) < 4.78 is 27.0. The van der Waals surface area contributed by atoms with Crippen LogP contribution in [-0.2, 0) is 5.54 Å². The van der Waals surface area contributed by atoms with Crippen LogP contribution in [0.4, 0.5) is 5.69 Å². The third-order valence-corrected chi connectivity index (χ3v) is 4.80. The second kappa shape index (κ2) is 8.27. The van der Waals surface area contributed by atoms with Crippen LogP contribution in [0.3, 0.4) is 0 Å². The van der Waals surface area contributed by atoms with Crippen LogP contribution in [-0.4, -0.2) is 53.0 Å². The van der Waals surface area contributed by atoms with E-state index in [-0.39, 0.29) is 17.2 Å². The molecular weight excluding hydrogens is 394 g/mol. The van der Waals surface area contributed by atoms with E-state index in [1.54, 1.807) is 24.4 Å². The number of methoxy groups -OCH3 is 5. The molecule has 10 nitrogen and oxygen atoms in total. The molecule has 0 amide bonds. The summed E-state index contributed by atoms with van der Waals surface area (Å²) >= 11 is 0. The lowest BCUT2D eigenvalue weighted by Crippen LogP contribution is -2.26. The lowest BCUT2D eigenvalue weighted by molar-refractivity contribution is -0.385. The van der Waals surface area contributed by atoms with Crippen molar-refractivity contribution in [1.82, 2.24) is 0 Å². The molecule has 0 aliphatic carbocycles. The second-order valence-corrected chi connectivity index (χ2v) is 6.16. The molecule has 0 saturated carbocycles. The van der Waals surface area contributed by atoms with Gasteiger partial charge in [0.15, 0.2) is 22.8 Å². The van der Waals surface area contributed by atoms with Gasteiger partial charge in [0.2, 0.25) is 11.5 Å². The summed E-state index contributed by atoms with van der Waals surface area (Å²) in [4.78, 5) is 19.8. The van der Waals surface area contributed by atoms with E-state index in [9.17, 15) is 10.1 Å². The molecule has 2 aromatic carbocycles. The van der Waals surface area contributed by atoms with Crippen molar-refractivity contribution in [2.75, 3.05) is 35.5 Å². The highest BCUT2D eigenvalue weighted by molar-refractivity contribution is 5.92. The summed E-state index contributed by atoms with van der Waals surface area (Å²) in [6, 6.07) is 6.45. The Bertz CT molecular complexity index is 1020. The van der Waals surface area contributed by atoms with Crippen molar-refractivity contribution in [3.63, 3.8) is 0 Å². The Balaban J connectivity index is 2.36. The smallest absolute Gasteiger partial charge is 0.315 e. The molecule has 0 fully saturated rings. The van der Waals surface area contributed by atoms with E-state index in [1.807, 2.05) is 0 Å². The first-order valence-corrected chi connectivity index (χ1v) is 8.75. The maximum Gasteiger partial charge on any atom is 0.315 e. The van der Waals surface area contributed by atoms with Gasteiger partial charge in [-0.1, -0.05) is 0 Å². The Morgan fingerprint density at radius 3 is 2.03 bits per heavy atom. The van der Waals surface area contributed by atoms with Crippen molar-refractivity contribution in [3.05, 3.63) is 45.5 Å². The molecule has 0 N–H and O–H groups in total. The van der Waals surface area contributed by atoms with E-state index in [0.29, 0.717) is 28.4 Å². The molecule has 1 aliphatic rings. The number of aliphatic imine (C=N–C) groups is 2. The first-order chi connectivity index (χ1) is 14.5. The Hall–Kier alpha value is -3.82. The second-order valence-electron chi connectivity index (χ2n) is 6.16. The SMILES string of the molecule is COc1cc(C2(c3ccc(OC)c(OC)c3OC)C=NC=N2)cc([N+](=O)[O-])c1OC. The number of hydrogen-bond donors (Lipinski definition) is 0. The minimum absolute atomic E-state index is 0.0135. The average molecular weight is 415 g/mol. The van der Waals surface area contributed by atoms with Crippen LogP contribution in [0.2, 0.25) is 0 Å². The Kier molecular flexibility index (Phi) is 5.77. The van der Waals surface area contributed by atoms with Crippen molar-refractivity contribution in [1.29, 1.82) is 0 Å². The monoisotopic (exact) mass is 415 g/mol. The van der Waals surface area contributed by atoms with E-state index in [0.717, 1.165) is 0 Å². The van der Waals surface area contributed by atoms with Gasteiger partial charge in [0, 0.05) is 23.4 Å². The number of ether oxygens (including phenoxy) is 5. The molecule has 3 rings (SSSR count). The number of rotatable bonds is 8. The highest BCUT2D eigenvalue weighted by atomic mass is 16.6. The predicted molar refractivity (Wildman–Crippen MR) is 110 cm³/mol. The zero-order valence-corrected chi connectivity index (χ0v) is 17.2. The fraction of sp³-hybridized carbons (Fsp3) is 0.300. The highest BCUT2D eigenvalue weighted by Crippen LogP contribution is 2.49. The van der Waals surface area contributed by atoms with Gasteiger partial charge >= 0.3 is 5.69 Å². The third kappa shape index (κ3) is 3.15. The topological polar surface area (TPSA) is 114 Å². The van der Waals surface area contributed by atoms with Crippen LogP contribution in [0, 0.1) is 10.1 Å². The van der Waals surface area contributed by atoms with Crippen molar-refractivity contribution in [3.8, 4) is 28.7 Å². The fourth-order valence-corrected chi connectivity index (χ4v) is 3.44. The number of benzene rings is 2. The summed E-state index contributed by atoms with van der Waals surface area (Å²) in [6.45, 7) is 0. The standard InChI is InChI=1S/C20H21N3O7/c1-26-15-7-6-13(17(28-3)19(15)30-5)20(10-21-11-22-20)12-8-14(23(24)25)18(29-4)16(9-12)27-2/h6-11H,1-5H3. The normalized spacial score (nSPS) is 17.0. The zero-order chi connectivity index (χ0) is 21.9. The lowest BCUT2D eigenvalue weighted by atomic mass is 9.83. The summed E-state index contributed by atoms with van der Waals surface area (Å²) in [6.07, 6.45) is 2.94. The molecule has 158 valence electrons. The van der Waals surface area contributed by atoms with E-state index in [1.165, 1.54) is 48.0 Å². The molecule has 1 aliphatic heterocycles. The largest absolute Gasteiger partial charge is 0.493 e.